The number of pyridine rings is 1. The van der Waals surface area contributed by atoms with Gasteiger partial charge in [-0.1, -0.05) is 0 Å². The smallest absolute Gasteiger partial charge is 0.141 e. The Morgan fingerprint density at radius 2 is 2.19 bits per heavy atom. The molecular weight excluding hydrogens is 202 g/mol. The fraction of sp³-hybridized carbons (Fsp3) is 0.545. The molecule has 16 heavy (non-hydrogen) atoms. The molecule has 1 aromatic rings. The SMILES string of the molecule is CN1CCC(Nc2ccnc(NN)c2)CC1. The zero-order valence-electron chi connectivity index (χ0n) is 9.61. The van der Waals surface area contributed by atoms with Gasteiger partial charge < -0.3 is 15.6 Å². The Kier molecular flexibility index (Phi) is 3.58. The van der Waals surface area contributed by atoms with Gasteiger partial charge in [-0.25, -0.2) is 10.8 Å². The Bertz CT molecular complexity index is 333. The molecule has 0 bridgehead atoms. The van der Waals surface area contributed by atoms with Gasteiger partial charge >= 0.3 is 0 Å². The van der Waals surface area contributed by atoms with Crippen molar-refractivity contribution < 1.29 is 0 Å². The zero-order chi connectivity index (χ0) is 11.4. The Balaban J connectivity index is 1.93. The number of rotatable bonds is 3. The van der Waals surface area contributed by atoms with Crippen molar-refractivity contribution in [1.29, 1.82) is 0 Å². The molecular formula is C11H19N5. The summed E-state index contributed by atoms with van der Waals surface area (Å²) in [6, 6.07) is 4.46. The molecule has 2 rings (SSSR count). The van der Waals surface area contributed by atoms with Crippen molar-refractivity contribution in [3.63, 3.8) is 0 Å². The highest BCUT2D eigenvalue weighted by molar-refractivity contribution is 5.51. The minimum atomic E-state index is 0.559. The van der Waals surface area contributed by atoms with Crippen LogP contribution in [0.2, 0.25) is 0 Å². The van der Waals surface area contributed by atoms with Gasteiger partial charge in [-0.2, -0.15) is 0 Å². The molecule has 0 amide bonds. The lowest BCUT2D eigenvalue weighted by Crippen LogP contribution is -2.36. The second-order valence-electron chi connectivity index (χ2n) is 4.30. The van der Waals surface area contributed by atoms with Gasteiger partial charge in [0.15, 0.2) is 0 Å². The normalized spacial score (nSPS) is 18.4. The van der Waals surface area contributed by atoms with Crippen LogP contribution < -0.4 is 16.6 Å². The summed E-state index contributed by atoms with van der Waals surface area (Å²) in [5.74, 6) is 6.02. The molecule has 2 heterocycles. The van der Waals surface area contributed by atoms with Crippen molar-refractivity contribution in [1.82, 2.24) is 9.88 Å². The molecule has 1 aliphatic heterocycles. The van der Waals surface area contributed by atoms with Crippen LogP contribution in [0.1, 0.15) is 12.8 Å². The number of nitrogens with zero attached hydrogens (tertiary/aromatic N) is 2. The highest BCUT2D eigenvalue weighted by Crippen LogP contribution is 2.17. The quantitative estimate of drug-likeness (QED) is 0.522. The Hall–Kier alpha value is -1.33. The molecule has 0 aliphatic carbocycles. The molecule has 5 nitrogen and oxygen atoms in total. The number of hydrogen-bond donors (Lipinski definition) is 3. The first kappa shape index (κ1) is 11.2. The summed E-state index contributed by atoms with van der Waals surface area (Å²) >= 11 is 0. The van der Waals surface area contributed by atoms with Crippen molar-refractivity contribution >= 4 is 11.5 Å². The first-order valence-electron chi connectivity index (χ1n) is 5.65. The second-order valence-corrected chi connectivity index (χ2v) is 4.30. The fourth-order valence-electron chi connectivity index (χ4n) is 1.99. The van der Waals surface area contributed by atoms with E-state index in [9.17, 15) is 0 Å². The van der Waals surface area contributed by atoms with E-state index < -0.39 is 0 Å². The molecule has 1 fully saturated rings. The van der Waals surface area contributed by atoms with Crippen LogP contribution in [0, 0.1) is 0 Å². The van der Waals surface area contributed by atoms with Crippen molar-refractivity contribution in [3.05, 3.63) is 18.3 Å². The number of aromatic nitrogens is 1. The van der Waals surface area contributed by atoms with E-state index in [2.05, 4.69) is 27.7 Å². The number of hydrazine groups is 1. The van der Waals surface area contributed by atoms with Gasteiger partial charge in [-0.3, -0.25) is 0 Å². The summed E-state index contributed by atoms with van der Waals surface area (Å²) in [6.07, 6.45) is 4.13. The lowest BCUT2D eigenvalue weighted by atomic mass is 10.1. The molecule has 0 aromatic carbocycles. The van der Waals surface area contributed by atoms with Crippen LogP contribution >= 0.6 is 0 Å². The van der Waals surface area contributed by atoms with E-state index >= 15 is 0 Å². The topological polar surface area (TPSA) is 66.2 Å². The van der Waals surface area contributed by atoms with Crippen LogP contribution in [-0.4, -0.2) is 36.1 Å². The molecule has 88 valence electrons. The van der Waals surface area contributed by atoms with Crippen LogP contribution in [0.25, 0.3) is 0 Å². The van der Waals surface area contributed by atoms with Crippen LogP contribution in [0.5, 0.6) is 0 Å². The van der Waals surface area contributed by atoms with Gasteiger partial charge in [-0.05, 0) is 39.0 Å². The van der Waals surface area contributed by atoms with E-state index in [1.54, 1.807) is 6.20 Å². The van der Waals surface area contributed by atoms with Gasteiger partial charge in [0.05, 0.1) is 0 Å². The third kappa shape index (κ3) is 2.84. The van der Waals surface area contributed by atoms with Gasteiger partial charge in [-0.15, -0.1) is 0 Å². The fourth-order valence-corrected chi connectivity index (χ4v) is 1.99. The van der Waals surface area contributed by atoms with Crippen molar-refractivity contribution in [3.8, 4) is 0 Å². The molecule has 4 N–H and O–H groups in total. The molecule has 5 heteroatoms. The van der Waals surface area contributed by atoms with Crippen molar-refractivity contribution in [2.45, 2.75) is 18.9 Å². The molecule has 0 atom stereocenters. The van der Waals surface area contributed by atoms with E-state index in [1.807, 2.05) is 12.1 Å². The number of anilines is 2. The summed E-state index contributed by atoms with van der Waals surface area (Å²) in [4.78, 5) is 6.44. The van der Waals surface area contributed by atoms with Crippen LogP contribution in [0.3, 0.4) is 0 Å². The van der Waals surface area contributed by atoms with Gasteiger partial charge in [0.25, 0.3) is 0 Å². The third-order valence-corrected chi connectivity index (χ3v) is 3.00. The van der Waals surface area contributed by atoms with Crippen molar-refractivity contribution in [2.75, 3.05) is 30.9 Å². The van der Waals surface area contributed by atoms with E-state index in [4.69, 9.17) is 5.84 Å². The molecule has 1 saturated heterocycles. The van der Waals surface area contributed by atoms with E-state index in [-0.39, 0.29) is 0 Å². The number of nitrogens with one attached hydrogen (secondary N) is 2. The molecule has 0 unspecified atom stereocenters. The van der Waals surface area contributed by atoms with Gasteiger partial charge in [0.1, 0.15) is 5.82 Å². The highest BCUT2D eigenvalue weighted by atomic mass is 15.2. The highest BCUT2D eigenvalue weighted by Gasteiger charge is 2.16. The maximum absolute atomic E-state index is 5.32. The summed E-state index contributed by atoms with van der Waals surface area (Å²) in [5, 5.41) is 3.51. The molecule has 0 saturated carbocycles. The van der Waals surface area contributed by atoms with E-state index in [1.165, 1.54) is 12.8 Å². The van der Waals surface area contributed by atoms with Gasteiger partial charge in [0.2, 0.25) is 0 Å². The van der Waals surface area contributed by atoms with Crippen LogP contribution in [-0.2, 0) is 0 Å². The number of nitrogen functional groups attached to an aromatic ring is 1. The summed E-state index contributed by atoms with van der Waals surface area (Å²) in [7, 11) is 2.17. The summed E-state index contributed by atoms with van der Waals surface area (Å²) < 4.78 is 0. The predicted molar refractivity (Wildman–Crippen MR) is 66.2 cm³/mol. The summed E-state index contributed by atoms with van der Waals surface area (Å²) in [5.41, 5.74) is 3.63. The van der Waals surface area contributed by atoms with Crippen molar-refractivity contribution in [2.24, 2.45) is 5.84 Å². The minimum Gasteiger partial charge on any atom is -0.382 e. The largest absolute Gasteiger partial charge is 0.382 e. The number of likely N-dealkylation sites (tertiary alicyclic amines) is 1. The third-order valence-electron chi connectivity index (χ3n) is 3.00. The zero-order valence-corrected chi connectivity index (χ0v) is 9.61. The van der Waals surface area contributed by atoms with E-state index in [0.29, 0.717) is 11.9 Å². The Morgan fingerprint density at radius 3 is 2.88 bits per heavy atom. The number of hydrogen-bond acceptors (Lipinski definition) is 5. The van der Waals surface area contributed by atoms with E-state index in [0.717, 1.165) is 18.8 Å². The molecule has 0 radical (unpaired) electrons. The second kappa shape index (κ2) is 5.14. The van der Waals surface area contributed by atoms with Crippen LogP contribution in [0.15, 0.2) is 18.3 Å². The Morgan fingerprint density at radius 1 is 1.44 bits per heavy atom. The lowest BCUT2D eigenvalue weighted by Gasteiger charge is -2.30. The standard InChI is InChI=1S/C11H19N5/c1-16-6-3-9(4-7-16)14-10-2-5-13-11(8-10)15-12/h2,5,8-9H,3-4,6-7,12H2,1H3,(H2,13,14,15). The predicted octanol–water partition coefficient (Wildman–Crippen LogP) is 0.873. The first-order valence-corrected chi connectivity index (χ1v) is 5.65. The average molecular weight is 221 g/mol. The Labute approximate surface area is 96.0 Å². The molecule has 1 aromatic heterocycles. The monoisotopic (exact) mass is 221 g/mol. The average Bonchev–Trinajstić information content (AvgIpc) is 2.32. The maximum Gasteiger partial charge on any atom is 0.141 e. The molecule has 0 spiro atoms. The summed E-state index contributed by atoms with van der Waals surface area (Å²) in [6.45, 7) is 2.31. The lowest BCUT2D eigenvalue weighted by molar-refractivity contribution is 0.264. The number of piperidine rings is 1. The maximum atomic E-state index is 5.32. The minimum absolute atomic E-state index is 0.559. The first-order chi connectivity index (χ1) is 7.78. The number of nitrogens with two attached hydrogens (primary N) is 1. The molecule has 1 aliphatic rings. The van der Waals surface area contributed by atoms with Gasteiger partial charge in [0, 0.05) is 24.0 Å². The van der Waals surface area contributed by atoms with Crippen LogP contribution in [0.4, 0.5) is 11.5 Å².